The van der Waals surface area contributed by atoms with Gasteiger partial charge in [-0.15, -0.1) is 6.58 Å². The summed E-state index contributed by atoms with van der Waals surface area (Å²) in [4.78, 5) is 0. The van der Waals surface area contributed by atoms with Gasteiger partial charge in [0.1, 0.15) is 0 Å². The van der Waals surface area contributed by atoms with Gasteiger partial charge in [-0.1, -0.05) is 74.4 Å². The van der Waals surface area contributed by atoms with E-state index in [0.717, 1.165) is 6.42 Å². The van der Waals surface area contributed by atoms with Crippen LogP contribution in [0.3, 0.4) is 0 Å². The van der Waals surface area contributed by atoms with Crippen LogP contribution in [0.2, 0.25) is 0 Å². The largest absolute Gasteiger partial charge is 0.103 e. The fourth-order valence-corrected chi connectivity index (χ4v) is 2.22. The van der Waals surface area contributed by atoms with E-state index in [1.807, 2.05) is 38.1 Å². The molecule has 0 unspecified atom stereocenters. The van der Waals surface area contributed by atoms with Gasteiger partial charge >= 0.3 is 0 Å². The van der Waals surface area contributed by atoms with Crippen molar-refractivity contribution in [3.63, 3.8) is 0 Å². The van der Waals surface area contributed by atoms with Crippen LogP contribution >= 0.6 is 0 Å². The van der Waals surface area contributed by atoms with E-state index in [4.69, 9.17) is 0 Å². The zero-order valence-electron chi connectivity index (χ0n) is 14.6. The topological polar surface area (TPSA) is 0 Å². The Labute approximate surface area is 132 Å². The van der Waals surface area contributed by atoms with Crippen LogP contribution in [0.5, 0.6) is 0 Å². The molecular weight excluding hydrogens is 252 g/mol. The van der Waals surface area contributed by atoms with Crippen molar-refractivity contribution < 1.29 is 0 Å². The summed E-state index contributed by atoms with van der Waals surface area (Å²) in [7, 11) is 0. The second-order valence-electron chi connectivity index (χ2n) is 5.13. The maximum Gasteiger partial charge on any atom is -0.0100 e. The summed E-state index contributed by atoms with van der Waals surface area (Å²) in [6.07, 6.45) is 8.99. The third-order valence-corrected chi connectivity index (χ3v) is 3.47. The summed E-state index contributed by atoms with van der Waals surface area (Å²) in [5.41, 5.74) is 6.02. The van der Waals surface area contributed by atoms with Crippen LogP contribution in [-0.4, -0.2) is 0 Å². The lowest BCUT2D eigenvalue weighted by Gasteiger charge is -2.13. The van der Waals surface area contributed by atoms with Crippen LogP contribution in [0.15, 0.2) is 65.8 Å². The predicted molar refractivity (Wildman–Crippen MR) is 97.7 cm³/mol. The van der Waals surface area contributed by atoms with E-state index in [-0.39, 0.29) is 0 Å². The van der Waals surface area contributed by atoms with Crippen LogP contribution in [0.1, 0.15) is 59.4 Å². The molecule has 116 valence electrons. The minimum absolute atomic E-state index is 0.973. The number of rotatable bonds is 3. The molecule has 0 spiro atoms. The van der Waals surface area contributed by atoms with Crippen molar-refractivity contribution in [2.24, 2.45) is 0 Å². The molecule has 1 aromatic carbocycles. The summed E-state index contributed by atoms with van der Waals surface area (Å²) in [5.74, 6) is 0. The summed E-state index contributed by atoms with van der Waals surface area (Å²) < 4.78 is 0. The maximum atomic E-state index is 3.66. The molecule has 1 aliphatic carbocycles. The molecule has 0 saturated heterocycles. The van der Waals surface area contributed by atoms with Crippen LogP contribution in [-0.2, 0) is 6.42 Å². The molecule has 0 amide bonds. The van der Waals surface area contributed by atoms with Gasteiger partial charge in [0.15, 0.2) is 0 Å². The lowest BCUT2D eigenvalue weighted by Crippen LogP contribution is -1.93. The minimum atomic E-state index is 0.973. The Hall–Kier alpha value is -1.56. The summed E-state index contributed by atoms with van der Waals surface area (Å²) in [6, 6.07) is 10.3. The molecule has 1 aromatic rings. The second kappa shape index (κ2) is 12.2. The monoisotopic (exact) mass is 284 g/mol. The first kappa shape index (κ1) is 19.4. The summed E-state index contributed by atoms with van der Waals surface area (Å²) in [5, 5.41) is 0. The molecule has 0 N–H and O–H groups in total. The first-order valence-corrected chi connectivity index (χ1v) is 8.18. The molecule has 0 aliphatic heterocycles. The second-order valence-corrected chi connectivity index (χ2v) is 5.13. The lowest BCUT2D eigenvalue weighted by atomic mass is 9.93. The molecule has 0 saturated carbocycles. The molecule has 1 aliphatic rings. The molecule has 0 atom stereocenters. The SMILES string of the molecule is C=CCc1ccccc1.CC.CCC1=C(C)CCC(C)=C1. The molecule has 21 heavy (non-hydrogen) atoms. The number of benzene rings is 1. The predicted octanol–water partition coefficient (Wildman–Crippen LogP) is 6.89. The number of allylic oxidation sites excluding steroid dienone is 5. The highest BCUT2D eigenvalue weighted by atomic mass is 14.1. The van der Waals surface area contributed by atoms with E-state index in [2.05, 4.69) is 45.6 Å². The molecule has 0 bridgehead atoms. The zero-order valence-corrected chi connectivity index (χ0v) is 14.6. The fourth-order valence-electron chi connectivity index (χ4n) is 2.22. The maximum absolute atomic E-state index is 3.66. The Bertz CT molecular complexity index is 446. The molecule has 2 rings (SSSR count). The molecular formula is C21H32. The number of hydrogen-bond donors (Lipinski definition) is 0. The Morgan fingerprint density at radius 3 is 2.14 bits per heavy atom. The van der Waals surface area contributed by atoms with E-state index in [9.17, 15) is 0 Å². The standard InChI is InChI=1S/C10H16.C9H10.C2H6/c1-4-10-7-8(2)5-6-9(10)3;1-2-6-9-7-4-3-5-8-9;1-2/h7H,4-6H2,1-3H3;2-5,7-8H,1,6H2;1-2H3. The van der Waals surface area contributed by atoms with Gasteiger partial charge in [-0.25, -0.2) is 0 Å². The van der Waals surface area contributed by atoms with E-state index < -0.39 is 0 Å². The van der Waals surface area contributed by atoms with Crippen LogP contribution in [0.25, 0.3) is 0 Å². The summed E-state index contributed by atoms with van der Waals surface area (Å²) >= 11 is 0. The summed E-state index contributed by atoms with van der Waals surface area (Å²) in [6.45, 7) is 14.4. The Kier molecular flexibility index (Phi) is 11.3. The average molecular weight is 284 g/mol. The molecule has 0 heterocycles. The van der Waals surface area contributed by atoms with Crippen LogP contribution in [0, 0.1) is 0 Å². The first-order valence-electron chi connectivity index (χ1n) is 8.18. The van der Waals surface area contributed by atoms with Gasteiger partial charge in [0.25, 0.3) is 0 Å². The van der Waals surface area contributed by atoms with Crippen molar-refractivity contribution in [1.29, 1.82) is 0 Å². The van der Waals surface area contributed by atoms with Gasteiger partial charge in [-0.2, -0.15) is 0 Å². The van der Waals surface area contributed by atoms with Crippen molar-refractivity contribution in [1.82, 2.24) is 0 Å². The fraction of sp³-hybridized carbons (Fsp3) is 0.429. The van der Waals surface area contributed by atoms with E-state index in [1.54, 1.807) is 16.7 Å². The molecule has 0 nitrogen and oxygen atoms in total. The Morgan fingerprint density at radius 1 is 1.05 bits per heavy atom. The molecule has 0 aromatic heterocycles. The van der Waals surface area contributed by atoms with Crippen molar-refractivity contribution in [3.05, 3.63) is 71.3 Å². The highest BCUT2D eigenvalue weighted by Gasteiger charge is 2.04. The van der Waals surface area contributed by atoms with Gasteiger partial charge in [-0.3, -0.25) is 0 Å². The van der Waals surface area contributed by atoms with Gasteiger partial charge in [0.2, 0.25) is 0 Å². The lowest BCUT2D eigenvalue weighted by molar-refractivity contribution is 0.867. The van der Waals surface area contributed by atoms with Gasteiger partial charge < -0.3 is 0 Å². The first-order chi connectivity index (χ1) is 10.2. The van der Waals surface area contributed by atoms with Gasteiger partial charge in [-0.05, 0) is 50.7 Å². The van der Waals surface area contributed by atoms with Crippen molar-refractivity contribution in [2.75, 3.05) is 0 Å². The van der Waals surface area contributed by atoms with Crippen molar-refractivity contribution in [3.8, 4) is 0 Å². The average Bonchev–Trinajstić information content (AvgIpc) is 2.54. The number of hydrogen-bond acceptors (Lipinski definition) is 0. The zero-order chi connectivity index (χ0) is 16.1. The van der Waals surface area contributed by atoms with E-state index in [0.29, 0.717) is 0 Å². The van der Waals surface area contributed by atoms with Gasteiger partial charge in [0.05, 0.1) is 0 Å². The van der Waals surface area contributed by atoms with Crippen molar-refractivity contribution >= 4 is 0 Å². The molecule has 0 radical (unpaired) electrons. The minimum Gasteiger partial charge on any atom is -0.103 e. The highest BCUT2D eigenvalue weighted by molar-refractivity contribution is 5.31. The quantitative estimate of drug-likeness (QED) is 0.530. The third-order valence-electron chi connectivity index (χ3n) is 3.47. The highest BCUT2D eigenvalue weighted by Crippen LogP contribution is 2.24. The third kappa shape index (κ3) is 8.34. The van der Waals surface area contributed by atoms with Crippen LogP contribution < -0.4 is 0 Å². The smallest absolute Gasteiger partial charge is 0.0100 e. The normalized spacial score (nSPS) is 13.3. The molecule has 0 heteroatoms. The van der Waals surface area contributed by atoms with Crippen LogP contribution in [0.4, 0.5) is 0 Å². The van der Waals surface area contributed by atoms with Gasteiger partial charge in [0, 0.05) is 0 Å². The van der Waals surface area contributed by atoms with Crippen molar-refractivity contribution in [2.45, 2.75) is 60.3 Å². The van der Waals surface area contributed by atoms with E-state index in [1.165, 1.54) is 24.8 Å². The molecule has 0 fully saturated rings. The Morgan fingerprint density at radius 2 is 1.67 bits per heavy atom. The van der Waals surface area contributed by atoms with E-state index >= 15 is 0 Å². The Balaban J connectivity index is 0.000000342.